The second-order valence-electron chi connectivity index (χ2n) is 7.14. The zero-order chi connectivity index (χ0) is 20.9. The third kappa shape index (κ3) is 4.88. The van der Waals surface area contributed by atoms with E-state index in [9.17, 15) is 4.79 Å². The van der Waals surface area contributed by atoms with Crippen LogP contribution in [0.1, 0.15) is 30.2 Å². The molecule has 1 fully saturated rings. The Morgan fingerprint density at radius 3 is 2.80 bits per heavy atom. The summed E-state index contributed by atoms with van der Waals surface area (Å²) < 4.78 is 10.9. The molecule has 1 unspecified atom stereocenters. The highest BCUT2D eigenvalue weighted by atomic mass is 35.5. The molecule has 3 aromatic rings. The fraction of sp³-hybridized carbons (Fsp3) is 0.381. The summed E-state index contributed by atoms with van der Waals surface area (Å²) in [6.07, 6.45) is 3.91. The molecule has 7 nitrogen and oxygen atoms in total. The van der Waals surface area contributed by atoms with Gasteiger partial charge in [-0.1, -0.05) is 41.6 Å². The van der Waals surface area contributed by atoms with E-state index in [1.54, 1.807) is 12.3 Å². The topological polar surface area (TPSA) is 84.4 Å². The monoisotopic (exact) mass is 446 g/mol. The molecule has 1 N–H and O–H groups in total. The number of amides is 1. The van der Waals surface area contributed by atoms with Gasteiger partial charge in [0.05, 0.1) is 23.6 Å². The fourth-order valence-corrected chi connectivity index (χ4v) is 4.46. The lowest BCUT2D eigenvalue weighted by Gasteiger charge is -2.28. The highest BCUT2D eigenvalue weighted by molar-refractivity contribution is 7.99. The van der Waals surface area contributed by atoms with Crippen LogP contribution in [-0.2, 0) is 4.79 Å². The van der Waals surface area contributed by atoms with Gasteiger partial charge in [-0.15, -0.1) is 10.2 Å². The van der Waals surface area contributed by atoms with Crippen molar-refractivity contribution in [1.29, 1.82) is 0 Å². The summed E-state index contributed by atoms with van der Waals surface area (Å²) in [7, 11) is 0. The van der Waals surface area contributed by atoms with E-state index in [0.717, 1.165) is 29.2 Å². The van der Waals surface area contributed by atoms with Crippen LogP contribution in [0.25, 0.3) is 11.5 Å². The molecular formula is C21H23ClN4O3S. The quantitative estimate of drug-likeness (QED) is 0.515. The smallest absolute Gasteiger partial charge is 0.277 e. The molecule has 158 valence electrons. The minimum Gasteiger partial charge on any atom is -0.469 e. The number of benzene rings is 1. The Bertz CT molecular complexity index is 1000. The normalized spacial score (nSPS) is 15.4. The van der Waals surface area contributed by atoms with Crippen molar-refractivity contribution in [2.45, 2.75) is 31.0 Å². The van der Waals surface area contributed by atoms with Crippen molar-refractivity contribution in [2.24, 2.45) is 0 Å². The van der Waals surface area contributed by atoms with E-state index in [1.165, 1.54) is 24.6 Å². The van der Waals surface area contributed by atoms with E-state index in [1.807, 2.05) is 31.2 Å². The zero-order valence-corrected chi connectivity index (χ0v) is 18.2. The Balaban J connectivity index is 1.33. The van der Waals surface area contributed by atoms with Gasteiger partial charge in [0.25, 0.3) is 11.1 Å². The van der Waals surface area contributed by atoms with Gasteiger partial charge in [0.15, 0.2) is 0 Å². The highest BCUT2D eigenvalue weighted by Gasteiger charge is 2.25. The first-order valence-electron chi connectivity index (χ1n) is 9.88. The molecule has 1 aliphatic heterocycles. The lowest BCUT2D eigenvalue weighted by atomic mass is 10.1. The van der Waals surface area contributed by atoms with Gasteiger partial charge in [0, 0.05) is 11.6 Å². The van der Waals surface area contributed by atoms with Crippen molar-refractivity contribution < 1.29 is 13.6 Å². The van der Waals surface area contributed by atoms with Gasteiger partial charge in [0.2, 0.25) is 5.91 Å². The maximum Gasteiger partial charge on any atom is 0.277 e. The first-order valence-corrected chi connectivity index (χ1v) is 11.2. The van der Waals surface area contributed by atoms with Crippen molar-refractivity contribution in [3.05, 3.63) is 52.9 Å². The first kappa shape index (κ1) is 21.0. The SMILES string of the molecule is Cc1occc1-c1nnc(SCC(=O)NCC(c2ccccc2Cl)N2CCCC2)o1. The van der Waals surface area contributed by atoms with Gasteiger partial charge in [-0.3, -0.25) is 9.69 Å². The standard InChI is InChI=1S/C21H23ClN4O3S/c1-14-15(8-11-28-14)20-24-25-21(29-20)30-13-19(27)23-12-18(26-9-4-5-10-26)16-6-2-3-7-17(16)22/h2-3,6-8,11,18H,4-5,9-10,12-13H2,1H3,(H,23,27). The molecule has 1 saturated heterocycles. The second-order valence-corrected chi connectivity index (χ2v) is 8.47. The number of halogens is 1. The maximum atomic E-state index is 12.5. The third-order valence-electron chi connectivity index (χ3n) is 5.16. The summed E-state index contributed by atoms with van der Waals surface area (Å²) >= 11 is 7.64. The molecule has 0 spiro atoms. The molecule has 0 radical (unpaired) electrons. The van der Waals surface area contributed by atoms with Gasteiger partial charge in [0.1, 0.15) is 5.76 Å². The van der Waals surface area contributed by atoms with E-state index in [2.05, 4.69) is 20.4 Å². The fourth-order valence-electron chi connectivity index (χ4n) is 3.61. The number of furan rings is 1. The summed E-state index contributed by atoms with van der Waals surface area (Å²) in [6, 6.07) is 9.67. The number of nitrogens with zero attached hydrogens (tertiary/aromatic N) is 3. The van der Waals surface area contributed by atoms with Crippen LogP contribution in [0.4, 0.5) is 0 Å². The molecule has 4 rings (SSSR count). The van der Waals surface area contributed by atoms with Crippen LogP contribution >= 0.6 is 23.4 Å². The molecule has 2 aromatic heterocycles. The Morgan fingerprint density at radius 2 is 2.07 bits per heavy atom. The average molecular weight is 447 g/mol. The van der Waals surface area contributed by atoms with E-state index in [0.29, 0.717) is 23.4 Å². The van der Waals surface area contributed by atoms with E-state index in [4.69, 9.17) is 20.4 Å². The molecule has 9 heteroatoms. The predicted octanol–water partition coefficient (Wildman–Crippen LogP) is 4.34. The van der Waals surface area contributed by atoms with Gasteiger partial charge in [-0.25, -0.2) is 0 Å². The average Bonchev–Trinajstić information content (AvgIpc) is 3.50. The van der Waals surface area contributed by atoms with Crippen molar-refractivity contribution in [3.8, 4) is 11.5 Å². The van der Waals surface area contributed by atoms with Crippen LogP contribution in [-0.4, -0.2) is 46.4 Å². The van der Waals surface area contributed by atoms with Crippen LogP contribution in [0.3, 0.4) is 0 Å². The van der Waals surface area contributed by atoms with Crippen LogP contribution in [0.2, 0.25) is 5.02 Å². The summed E-state index contributed by atoms with van der Waals surface area (Å²) in [4.78, 5) is 14.8. The number of hydrogen-bond acceptors (Lipinski definition) is 7. The molecular weight excluding hydrogens is 424 g/mol. The molecule has 1 atom stereocenters. The molecule has 1 amide bonds. The number of aromatic nitrogens is 2. The van der Waals surface area contributed by atoms with Gasteiger partial charge >= 0.3 is 0 Å². The Kier molecular flexibility index (Phi) is 6.76. The molecule has 1 aromatic carbocycles. The Hall–Kier alpha value is -2.29. The zero-order valence-electron chi connectivity index (χ0n) is 16.6. The van der Waals surface area contributed by atoms with Crippen molar-refractivity contribution in [3.63, 3.8) is 0 Å². The summed E-state index contributed by atoms with van der Waals surface area (Å²) in [5, 5.41) is 12.1. The van der Waals surface area contributed by atoms with Crippen LogP contribution in [0.5, 0.6) is 0 Å². The number of likely N-dealkylation sites (tertiary alicyclic amines) is 1. The number of rotatable bonds is 8. The van der Waals surface area contributed by atoms with Gasteiger partial charge in [-0.05, 0) is 50.6 Å². The Morgan fingerprint density at radius 1 is 1.27 bits per heavy atom. The highest BCUT2D eigenvalue weighted by Crippen LogP contribution is 2.30. The largest absolute Gasteiger partial charge is 0.469 e. The Labute approximate surface area is 184 Å². The van der Waals surface area contributed by atoms with Gasteiger partial charge in [-0.2, -0.15) is 0 Å². The molecule has 0 bridgehead atoms. The van der Waals surface area contributed by atoms with E-state index < -0.39 is 0 Å². The summed E-state index contributed by atoms with van der Waals surface area (Å²) in [5.74, 6) is 1.20. The molecule has 0 aliphatic carbocycles. The van der Waals surface area contributed by atoms with Crippen LogP contribution < -0.4 is 5.32 Å². The van der Waals surface area contributed by atoms with E-state index >= 15 is 0 Å². The lowest BCUT2D eigenvalue weighted by Crippen LogP contribution is -2.37. The molecule has 3 heterocycles. The summed E-state index contributed by atoms with van der Waals surface area (Å²) in [5.41, 5.74) is 1.80. The summed E-state index contributed by atoms with van der Waals surface area (Å²) in [6.45, 7) is 4.36. The number of carbonyl (C=O) groups is 1. The molecule has 30 heavy (non-hydrogen) atoms. The van der Waals surface area contributed by atoms with Gasteiger partial charge < -0.3 is 14.2 Å². The minimum atomic E-state index is -0.0875. The molecule has 0 saturated carbocycles. The lowest BCUT2D eigenvalue weighted by molar-refractivity contribution is -0.118. The van der Waals surface area contributed by atoms with Crippen molar-refractivity contribution >= 4 is 29.3 Å². The third-order valence-corrected chi connectivity index (χ3v) is 6.32. The number of hydrogen-bond donors (Lipinski definition) is 1. The van der Waals surface area contributed by atoms with E-state index in [-0.39, 0.29) is 17.7 Å². The van der Waals surface area contributed by atoms with Crippen molar-refractivity contribution in [2.75, 3.05) is 25.4 Å². The number of carbonyl (C=O) groups excluding carboxylic acids is 1. The number of aryl methyl sites for hydroxylation is 1. The molecule has 1 aliphatic rings. The van der Waals surface area contributed by atoms with Crippen LogP contribution in [0, 0.1) is 6.92 Å². The first-order chi connectivity index (χ1) is 14.6. The number of nitrogens with one attached hydrogen (secondary N) is 1. The van der Waals surface area contributed by atoms with Crippen molar-refractivity contribution in [1.82, 2.24) is 20.4 Å². The second kappa shape index (κ2) is 9.68. The maximum absolute atomic E-state index is 12.5. The van der Waals surface area contributed by atoms with Crippen LogP contribution in [0.15, 0.2) is 50.7 Å². The number of thioether (sulfide) groups is 1. The predicted molar refractivity (Wildman–Crippen MR) is 115 cm³/mol. The minimum absolute atomic E-state index is 0.0641.